The predicted molar refractivity (Wildman–Crippen MR) is 90.0 cm³/mol. The van der Waals surface area contributed by atoms with Crippen LogP contribution in [0.5, 0.6) is 0 Å². The second kappa shape index (κ2) is 4.69. The first kappa shape index (κ1) is 16.2. The molecule has 7 atom stereocenters. The van der Waals surface area contributed by atoms with Gasteiger partial charge in [0.05, 0.1) is 17.8 Å². The van der Waals surface area contributed by atoms with E-state index in [-0.39, 0.29) is 17.6 Å². The van der Waals surface area contributed by atoms with Crippen molar-refractivity contribution in [1.82, 2.24) is 0 Å². The molecular weight excluding hydrogens is 304 g/mol. The van der Waals surface area contributed by atoms with Crippen molar-refractivity contribution in [2.45, 2.75) is 57.3 Å². The van der Waals surface area contributed by atoms with Gasteiger partial charge in [-0.3, -0.25) is 4.79 Å². The smallest absolute Gasteiger partial charge is 0.178 e. The van der Waals surface area contributed by atoms with Crippen LogP contribution >= 0.6 is 0 Å². The molecule has 3 fully saturated rings. The molecule has 0 aliphatic heterocycles. The largest absolute Gasteiger partial charge is 0.393 e. The van der Waals surface area contributed by atoms with Gasteiger partial charge in [0.15, 0.2) is 5.78 Å². The van der Waals surface area contributed by atoms with E-state index in [1.165, 1.54) is 0 Å². The van der Waals surface area contributed by atoms with Crippen LogP contribution in [-0.2, 0) is 4.79 Å². The molecule has 0 amide bonds. The molecule has 4 aliphatic rings. The number of carbonyl (C=O) groups excluding carboxylic acids is 1. The lowest BCUT2D eigenvalue weighted by atomic mass is 9.45. The summed E-state index contributed by atoms with van der Waals surface area (Å²) in [5, 5.41) is 33.1. The Bertz CT molecular complexity index is 692. The van der Waals surface area contributed by atoms with Gasteiger partial charge in [0, 0.05) is 16.7 Å². The fraction of sp³-hybridized carbons (Fsp3) is 0.650. The van der Waals surface area contributed by atoms with Gasteiger partial charge in [0.1, 0.15) is 0 Å². The summed E-state index contributed by atoms with van der Waals surface area (Å²) in [7, 11) is 0. The number of hydrogen-bond donors (Lipinski definition) is 3. The molecule has 0 heterocycles. The molecule has 0 aromatic heterocycles. The lowest BCUT2D eigenvalue weighted by Crippen LogP contribution is -2.65. The van der Waals surface area contributed by atoms with Gasteiger partial charge in [-0.2, -0.15) is 0 Å². The van der Waals surface area contributed by atoms with E-state index in [9.17, 15) is 20.1 Å². The lowest BCUT2D eigenvalue weighted by molar-refractivity contribution is -0.216. The first-order chi connectivity index (χ1) is 11.1. The average molecular weight is 330 g/mol. The van der Waals surface area contributed by atoms with Gasteiger partial charge in [-0.1, -0.05) is 32.1 Å². The van der Waals surface area contributed by atoms with Crippen molar-refractivity contribution in [2.75, 3.05) is 0 Å². The molecule has 3 saturated carbocycles. The molecule has 4 heteroatoms. The summed E-state index contributed by atoms with van der Waals surface area (Å²) < 4.78 is 0. The normalized spacial score (nSPS) is 53.3. The van der Waals surface area contributed by atoms with E-state index in [0.29, 0.717) is 25.7 Å². The molecule has 0 aromatic rings. The molecule has 4 nitrogen and oxygen atoms in total. The number of hydrogen-bond acceptors (Lipinski definition) is 4. The van der Waals surface area contributed by atoms with Gasteiger partial charge in [-0.25, -0.2) is 0 Å². The average Bonchev–Trinajstić information content (AvgIpc) is 2.74. The molecule has 0 aromatic carbocycles. The van der Waals surface area contributed by atoms with Gasteiger partial charge in [0.2, 0.25) is 0 Å². The molecule has 0 spiro atoms. The van der Waals surface area contributed by atoms with Crippen molar-refractivity contribution >= 4 is 5.78 Å². The van der Waals surface area contributed by atoms with Crippen molar-refractivity contribution in [3.8, 4) is 0 Å². The highest BCUT2D eigenvalue weighted by atomic mass is 16.3. The Labute approximate surface area is 142 Å². The number of fused-ring (bicyclic) bond motifs is 5. The fourth-order valence-corrected chi connectivity index (χ4v) is 6.25. The monoisotopic (exact) mass is 330 g/mol. The summed E-state index contributed by atoms with van der Waals surface area (Å²) in [6.45, 7) is 8.11. The van der Waals surface area contributed by atoms with Crippen LogP contribution in [0.2, 0.25) is 0 Å². The van der Waals surface area contributed by atoms with Gasteiger partial charge in [-0.15, -0.1) is 0 Å². The molecule has 130 valence electrons. The van der Waals surface area contributed by atoms with Crippen LogP contribution in [0.25, 0.3) is 0 Å². The van der Waals surface area contributed by atoms with Crippen molar-refractivity contribution in [1.29, 1.82) is 0 Å². The Kier molecular flexibility index (Phi) is 3.17. The molecular formula is C20H26O4. The number of carbonyl (C=O) groups is 1. The fourth-order valence-electron chi connectivity index (χ4n) is 6.25. The highest BCUT2D eigenvalue weighted by molar-refractivity contribution is 6.01. The van der Waals surface area contributed by atoms with Crippen LogP contribution in [0.15, 0.2) is 36.0 Å². The maximum atomic E-state index is 11.8. The molecule has 4 rings (SSSR count). The molecule has 3 N–H and O–H groups in total. The first-order valence-corrected chi connectivity index (χ1v) is 8.85. The van der Waals surface area contributed by atoms with Crippen LogP contribution < -0.4 is 0 Å². The standard InChI is InChI=1S/C20H26O4/c1-11-8-14-17(18(2)6-4-12(21)9-13(11)18)15(22)10-19(3)16(23)5-7-20(14,19)24/h4,6,9,14-17,22-24H,1,5,7-8,10H2,2-3H3/t14-,15-,16+,17-,18+,19-,20-/m1/s1. The predicted octanol–water partition coefficient (Wildman–Crippen LogP) is 1.91. The van der Waals surface area contributed by atoms with Crippen molar-refractivity contribution in [3.63, 3.8) is 0 Å². The van der Waals surface area contributed by atoms with E-state index >= 15 is 0 Å². The quantitative estimate of drug-likeness (QED) is 0.634. The van der Waals surface area contributed by atoms with Gasteiger partial charge >= 0.3 is 0 Å². The van der Waals surface area contributed by atoms with E-state index in [4.69, 9.17) is 0 Å². The number of allylic oxidation sites excluding steroid dienone is 5. The zero-order valence-electron chi connectivity index (χ0n) is 14.3. The van der Waals surface area contributed by atoms with Crippen LogP contribution in [0, 0.1) is 22.7 Å². The number of rotatable bonds is 0. The zero-order valence-corrected chi connectivity index (χ0v) is 14.3. The van der Waals surface area contributed by atoms with Crippen LogP contribution in [0.1, 0.15) is 39.5 Å². The second-order valence-corrected chi connectivity index (χ2v) is 8.68. The summed E-state index contributed by atoms with van der Waals surface area (Å²) in [5.74, 6) is -0.398. The third-order valence-corrected chi connectivity index (χ3v) is 7.62. The molecule has 0 radical (unpaired) electrons. The van der Waals surface area contributed by atoms with Gasteiger partial charge in [-0.05, 0) is 49.3 Å². The number of aliphatic hydroxyl groups excluding tert-OH is 2. The second-order valence-electron chi connectivity index (χ2n) is 8.68. The Morgan fingerprint density at radius 3 is 2.71 bits per heavy atom. The van der Waals surface area contributed by atoms with Gasteiger partial charge in [0.25, 0.3) is 0 Å². The Hall–Kier alpha value is -1.23. The van der Waals surface area contributed by atoms with Crippen LogP contribution in [-0.4, -0.2) is 38.9 Å². The molecule has 4 aliphatic carbocycles. The number of aliphatic hydroxyl groups is 3. The summed E-state index contributed by atoms with van der Waals surface area (Å²) in [4.78, 5) is 11.8. The maximum absolute atomic E-state index is 11.8. The van der Waals surface area contributed by atoms with Crippen LogP contribution in [0.3, 0.4) is 0 Å². The van der Waals surface area contributed by atoms with Gasteiger partial charge < -0.3 is 15.3 Å². The third-order valence-electron chi connectivity index (χ3n) is 7.62. The van der Waals surface area contributed by atoms with Crippen molar-refractivity contribution < 1.29 is 20.1 Å². The molecule has 0 saturated heterocycles. The Balaban J connectivity index is 1.86. The first-order valence-electron chi connectivity index (χ1n) is 8.85. The highest BCUT2D eigenvalue weighted by Crippen LogP contribution is 2.66. The topological polar surface area (TPSA) is 77.8 Å². The maximum Gasteiger partial charge on any atom is 0.178 e. The van der Waals surface area contributed by atoms with E-state index < -0.39 is 28.6 Å². The Morgan fingerprint density at radius 2 is 2.00 bits per heavy atom. The third kappa shape index (κ3) is 1.72. The Morgan fingerprint density at radius 1 is 1.29 bits per heavy atom. The summed E-state index contributed by atoms with van der Waals surface area (Å²) in [6.07, 6.45) is 5.89. The minimum atomic E-state index is -1.01. The summed E-state index contributed by atoms with van der Waals surface area (Å²) in [6, 6.07) is 0. The van der Waals surface area contributed by atoms with E-state index in [0.717, 1.165) is 11.1 Å². The van der Waals surface area contributed by atoms with E-state index in [1.54, 1.807) is 12.2 Å². The summed E-state index contributed by atoms with van der Waals surface area (Å²) >= 11 is 0. The van der Waals surface area contributed by atoms with Crippen molar-refractivity contribution in [3.05, 3.63) is 36.0 Å². The minimum Gasteiger partial charge on any atom is -0.393 e. The summed E-state index contributed by atoms with van der Waals surface area (Å²) in [5.41, 5.74) is -0.454. The molecule has 0 bridgehead atoms. The SMILES string of the molecule is C=C1C[C@@H]2[C@H]([C@H](O)C[C@]3(C)[C@@H](O)CC[C@@]23O)[C@@]2(C)C=CC(=O)C=C12. The van der Waals surface area contributed by atoms with Crippen LogP contribution in [0.4, 0.5) is 0 Å². The number of ketones is 1. The lowest BCUT2D eigenvalue weighted by Gasteiger charge is -2.62. The zero-order chi connectivity index (χ0) is 17.5. The van der Waals surface area contributed by atoms with Crippen molar-refractivity contribution in [2.24, 2.45) is 22.7 Å². The highest BCUT2D eigenvalue weighted by Gasteiger charge is 2.69. The minimum absolute atomic E-state index is 0.0489. The van der Waals surface area contributed by atoms with E-state index in [2.05, 4.69) is 6.58 Å². The molecule has 24 heavy (non-hydrogen) atoms. The molecule has 0 unspecified atom stereocenters. The van der Waals surface area contributed by atoms with E-state index in [1.807, 2.05) is 19.9 Å².